The Hall–Kier alpha value is -3.77. The summed E-state index contributed by atoms with van der Waals surface area (Å²) >= 11 is 6.07. The smallest absolute Gasteiger partial charge is 0.251 e. The Labute approximate surface area is 189 Å². The molecule has 0 aliphatic rings. The van der Waals surface area contributed by atoms with E-state index in [-0.39, 0.29) is 5.91 Å². The molecule has 1 aromatic carbocycles. The van der Waals surface area contributed by atoms with E-state index in [1.54, 1.807) is 18.5 Å². The Morgan fingerprint density at radius 3 is 2.88 bits per heavy atom. The van der Waals surface area contributed by atoms with Gasteiger partial charge in [-0.3, -0.25) is 14.8 Å². The van der Waals surface area contributed by atoms with Gasteiger partial charge in [-0.2, -0.15) is 0 Å². The second-order valence-corrected chi connectivity index (χ2v) is 8.24. The highest BCUT2D eigenvalue weighted by Crippen LogP contribution is 2.20. The predicted octanol–water partition coefficient (Wildman–Crippen LogP) is 4.99. The van der Waals surface area contributed by atoms with E-state index in [1.165, 1.54) is 0 Å². The van der Waals surface area contributed by atoms with Crippen LogP contribution < -0.4 is 5.32 Å². The molecule has 5 aromatic rings. The number of rotatable bonds is 5. The van der Waals surface area contributed by atoms with Crippen LogP contribution in [0.15, 0.2) is 67.3 Å². The molecule has 0 atom stereocenters. The summed E-state index contributed by atoms with van der Waals surface area (Å²) in [6, 6.07) is 13.6. The molecule has 2 N–H and O–H groups in total. The number of nitrogens with zero attached hydrogens (tertiary/aromatic N) is 3. The van der Waals surface area contributed by atoms with Crippen LogP contribution in [0.3, 0.4) is 0 Å². The lowest BCUT2D eigenvalue weighted by atomic mass is 10.0. The van der Waals surface area contributed by atoms with Crippen LogP contribution in [-0.2, 0) is 13.0 Å². The van der Waals surface area contributed by atoms with Crippen molar-refractivity contribution in [3.8, 4) is 0 Å². The Balaban J connectivity index is 1.31. The first kappa shape index (κ1) is 20.2. The molecule has 0 fully saturated rings. The molecule has 5 rings (SSSR count). The fourth-order valence-electron chi connectivity index (χ4n) is 3.78. The van der Waals surface area contributed by atoms with Crippen molar-refractivity contribution in [1.29, 1.82) is 0 Å². The number of nitrogens with one attached hydrogen (secondary N) is 2. The van der Waals surface area contributed by atoms with Gasteiger partial charge in [-0.05, 0) is 60.0 Å². The molecule has 32 heavy (non-hydrogen) atoms. The third-order valence-electron chi connectivity index (χ3n) is 5.37. The lowest BCUT2D eigenvalue weighted by Gasteiger charge is -2.07. The van der Waals surface area contributed by atoms with E-state index in [4.69, 9.17) is 11.6 Å². The van der Waals surface area contributed by atoms with Crippen LogP contribution in [0.25, 0.3) is 21.9 Å². The van der Waals surface area contributed by atoms with E-state index in [0.717, 1.165) is 44.3 Å². The second-order valence-electron chi connectivity index (χ2n) is 7.80. The van der Waals surface area contributed by atoms with Crippen molar-refractivity contribution in [3.05, 3.63) is 100 Å². The molecule has 0 spiro atoms. The molecule has 0 aliphatic carbocycles. The van der Waals surface area contributed by atoms with E-state index < -0.39 is 0 Å². The number of hydrogen-bond donors (Lipinski definition) is 2. The molecule has 0 aliphatic heterocycles. The lowest BCUT2D eigenvalue weighted by molar-refractivity contribution is 0.0951. The minimum absolute atomic E-state index is 0.141. The average Bonchev–Trinajstić information content (AvgIpc) is 3.19. The van der Waals surface area contributed by atoms with Crippen LogP contribution in [0.2, 0.25) is 5.02 Å². The van der Waals surface area contributed by atoms with E-state index >= 15 is 0 Å². The van der Waals surface area contributed by atoms with Gasteiger partial charge in [0, 0.05) is 59.8 Å². The zero-order valence-electron chi connectivity index (χ0n) is 17.4. The van der Waals surface area contributed by atoms with Crippen molar-refractivity contribution in [2.45, 2.75) is 19.9 Å². The first-order valence-electron chi connectivity index (χ1n) is 10.2. The fraction of sp³-hybridized carbons (Fsp3) is 0.120. The molecule has 6 nitrogen and oxygen atoms in total. The van der Waals surface area contributed by atoms with E-state index in [2.05, 4.69) is 37.4 Å². The number of carbonyl (C=O) groups is 1. The largest absolute Gasteiger partial charge is 0.348 e. The molecule has 0 radical (unpaired) electrons. The number of amides is 1. The van der Waals surface area contributed by atoms with Crippen LogP contribution >= 0.6 is 11.6 Å². The Morgan fingerprint density at radius 2 is 1.97 bits per heavy atom. The summed E-state index contributed by atoms with van der Waals surface area (Å²) in [5, 5.41) is 5.60. The summed E-state index contributed by atoms with van der Waals surface area (Å²) in [7, 11) is 0. The number of fused-ring (bicyclic) bond motifs is 2. The molecule has 158 valence electrons. The van der Waals surface area contributed by atoms with Gasteiger partial charge in [0.2, 0.25) is 0 Å². The van der Waals surface area contributed by atoms with Crippen molar-refractivity contribution in [3.63, 3.8) is 0 Å². The first-order valence-corrected chi connectivity index (χ1v) is 10.6. The molecular weight excluding hydrogens is 422 g/mol. The van der Waals surface area contributed by atoms with Gasteiger partial charge in [0.25, 0.3) is 5.91 Å². The topological polar surface area (TPSA) is 83.6 Å². The minimum atomic E-state index is -0.141. The molecule has 0 bridgehead atoms. The first-order chi connectivity index (χ1) is 15.5. The summed E-state index contributed by atoms with van der Waals surface area (Å²) in [6.45, 7) is 2.42. The molecule has 1 amide bonds. The standard InChI is InChI=1S/C25H20ClN5O/c1-15-6-22-19(12-30-24(22)29-11-15)13-31-25(32)17-4-5-27-21(10-17)8-16-2-3-23-18(7-16)9-20(26)14-28-23/h2-7,9-12,14H,8,13H2,1H3,(H,29,30)(H,31,32). The summed E-state index contributed by atoms with van der Waals surface area (Å²) in [5.41, 5.74) is 6.26. The van der Waals surface area contributed by atoms with Gasteiger partial charge < -0.3 is 10.3 Å². The molecule has 0 saturated heterocycles. The van der Waals surface area contributed by atoms with Crippen molar-refractivity contribution < 1.29 is 4.79 Å². The molecule has 0 saturated carbocycles. The predicted molar refractivity (Wildman–Crippen MR) is 126 cm³/mol. The monoisotopic (exact) mass is 441 g/mol. The SMILES string of the molecule is Cc1cnc2[nH]cc(CNC(=O)c3ccnc(Cc4ccc5ncc(Cl)cc5c4)c3)c2c1. The quantitative estimate of drug-likeness (QED) is 0.402. The summed E-state index contributed by atoms with van der Waals surface area (Å²) in [5.74, 6) is -0.141. The van der Waals surface area contributed by atoms with Crippen molar-refractivity contribution in [2.75, 3.05) is 0 Å². The van der Waals surface area contributed by atoms with Crippen LogP contribution in [0.4, 0.5) is 0 Å². The van der Waals surface area contributed by atoms with Crippen LogP contribution in [0.1, 0.15) is 32.7 Å². The minimum Gasteiger partial charge on any atom is -0.348 e. The number of aromatic amines is 1. The van der Waals surface area contributed by atoms with Gasteiger partial charge in [-0.1, -0.05) is 17.7 Å². The highest BCUT2D eigenvalue weighted by molar-refractivity contribution is 6.31. The lowest BCUT2D eigenvalue weighted by Crippen LogP contribution is -2.23. The maximum Gasteiger partial charge on any atom is 0.251 e. The van der Waals surface area contributed by atoms with Crippen molar-refractivity contribution in [2.24, 2.45) is 0 Å². The number of aryl methyl sites for hydroxylation is 1. The maximum absolute atomic E-state index is 12.8. The molecular formula is C25H20ClN5O. The van der Waals surface area contributed by atoms with Gasteiger partial charge in [-0.15, -0.1) is 0 Å². The number of halogens is 1. The van der Waals surface area contributed by atoms with Gasteiger partial charge in [-0.25, -0.2) is 4.98 Å². The van der Waals surface area contributed by atoms with Gasteiger partial charge in [0.05, 0.1) is 10.5 Å². The van der Waals surface area contributed by atoms with E-state index in [0.29, 0.717) is 23.6 Å². The van der Waals surface area contributed by atoms with Gasteiger partial charge in [0.1, 0.15) is 5.65 Å². The Morgan fingerprint density at radius 1 is 1.06 bits per heavy atom. The number of H-pyrrole nitrogens is 1. The van der Waals surface area contributed by atoms with Crippen LogP contribution in [0, 0.1) is 6.92 Å². The van der Waals surface area contributed by atoms with Gasteiger partial charge in [0.15, 0.2) is 0 Å². The fourth-order valence-corrected chi connectivity index (χ4v) is 3.94. The number of hydrogen-bond acceptors (Lipinski definition) is 4. The number of carbonyl (C=O) groups excluding carboxylic acids is 1. The third kappa shape index (κ3) is 4.18. The highest BCUT2D eigenvalue weighted by atomic mass is 35.5. The summed E-state index contributed by atoms with van der Waals surface area (Å²) < 4.78 is 0. The van der Waals surface area contributed by atoms with E-state index in [1.807, 2.05) is 43.6 Å². The second kappa shape index (κ2) is 8.40. The third-order valence-corrected chi connectivity index (χ3v) is 5.58. The molecule has 4 aromatic heterocycles. The molecule has 4 heterocycles. The number of aromatic nitrogens is 4. The Kier molecular flexibility index (Phi) is 5.29. The maximum atomic E-state index is 12.8. The normalized spacial score (nSPS) is 11.2. The Bertz CT molecular complexity index is 1460. The van der Waals surface area contributed by atoms with E-state index in [9.17, 15) is 4.79 Å². The average molecular weight is 442 g/mol. The van der Waals surface area contributed by atoms with Crippen molar-refractivity contribution >= 4 is 39.4 Å². The molecule has 7 heteroatoms. The zero-order valence-corrected chi connectivity index (χ0v) is 18.1. The summed E-state index contributed by atoms with van der Waals surface area (Å²) in [4.78, 5) is 29.1. The van der Waals surface area contributed by atoms with Crippen molar-refractivity contribution in [1.82, 2.24) is 25.3 Å². The van der Waals surface area contributed by atoms with Crippen LogP contribution in [-0.4, -0.2) is 25.8 Å². The summed E-state index contributed by atoms with van der Waals surface area (Å²) in [6.07, 6.45) is 7.62. The number of benzene rings is 1. The van der Waals surface area contributed by atoms with Gasteiger partial charge >= 0.3 is 0 Å². The molecule has 0 unspecified atom stereocenters. The zero-order chi connectivity index (χ0) is 22.1. The van der Waals surface area contributed by atoms with Crippen LogP contribution in [0.5, 0.6) is 0 Å². The number of pyridine rings is 3. The highest BCUT2D eigenvalue weighted by Gasteiger charge is 2.10.